The normalized spacial score (nSPS) is 19.0. The van der Waals surface area contributed by atoms with Crippen molar-refractivity contribution in [3.63, 3.8) is 0 Å². The summed E-state index contributed by atoms with van der Waals surface area (Å²) in [4.78, 5) is 3.87. The fourth-order valence-corrected chi connectivity index (χ4v) is 3.86. The third-order valence-electron chi connectivity index (χ3n) is 4.25. The molecule has 1 saturated heterocycles. The van der Waals surface area contributed by atoms with E-state index in [1.165, 1.54) is 6.07 Å². The lowest BCUT2D eigenvalue weighted by Gasteiger charge is -2.37. The van der Waals surface area contributed by atoms with E-state index in [4.69, 9.17) is 0 Å². The van der Waals surface area contributed by atoms with E-state index in [-0.39, 0.29) is 12.6 Å². The molecule has 2 rings (SSSR count). The summed E-state index contributed by atoms with van der Waals surface area (Å²) in [5.41, 5.74) is 0. The molecule has 0 aromatic heterocycles. The average molecular weight is 347 g/mol. The molecular weight excluding hydrogens is 324 g/mol. The molecule has 0 amide bonds. The second-order valence-electron chi connectivity index (χ2n) is 5.72. The van der Waals surface area contributed by atoms with Crippen LogP contribution >= 0.6 is 0 Å². The molecule has 1 fully saturated rings. The Morgan fingerprint density at radius 3 is 2.48 bits per heavy atom. The van der Waals surface area contributed by atoms with Crippen LogP contribution in [0.25, 0.3) is 0 Å². The summed E-state index contributed by atoms with van der Waals surface area (Å²) in [6, 6.07) is 3.12. The highest BCUT2D eigenvalue weighted by Gasteiger charge is 2.24. The maximum atomic E-state index is 13.6. The number of nitrogens with one attached hydrogen (secondary N) is 1. The number of likely N-dealkylation sites (N-methyl/N-ethyl adjacent to an activating group) is 1. The predicted octanol–water partition coefficient (Wildman–Crippen LogP) is 1.27. The SMILES string of the molecule is CCN1CCN([C@H](C)CNS(=O)(=O)c2cccc(F)c2F)CC1. The maximum absolute atomic E-state index is 13.6. The minimum atomic E-state index is -4.06. The lowest BCUT2D eigenvalue weighted by atomic mass is 10.2. The maximum Gasteiger partial charge on any atom is 0.243 e. The number of benzene rings is 1. The van der Waals surface area contributed by atoms with E-state index < -0.39 is 26.6 Å². The highest BCUT2D eigenvalue weighted by molar-refractivity contribution is 7.89. The molecule has 1 aliphatic rings. The Hall–Kier alpha value is -1.09. The number of hydrogen-bond acceptors (Lipinski definition) is 4. The minimum absolute atomic E-state index is 0.0135. The van der Waals surface area contributed by atoms with Crippen LogP contribution in [-0.2, 0) is 10.0 Å². The van der Waals surface area contributed by atoms with Gasteiger partial charge in [-0.3, -0.25) is 4.90 Å². The van der Waals surface area contributed by atoms with Gasteiger partial charge in [0.1, 0.15) is 4.90 Å². The van der Waals surface area contributed by atoms with Crippen LogP contribution in [-0.4, -0.2) is 63.5 Å². The molecule has 130 valence electrons. The predicted molar refractivity (Wildman–Crippen MR) is 84.7 cm³/mol. The van der Waals surface area contributed by atoms with Gasteiger partial charge in [-0.1, -0.05) is 13.0 Å². The van der Waals surface area contributed by atoms with Gasteiger partial charge in [0.25, 0.3) is 0 Å². The summed E-state index contributed by atoms with van der Waals surface area (Å²) in [6.45, 7) is 8.83. The first-order valence-electron chi connectivity index (χ1n) is 7.75. The van der Waals surface area contributed by atoms with Crippen LogP contribution in [0.3, 0.4) is 0 Å². The van der Waals surface area contributed by atoms with Gasteiger partial charge in [0, 0.05) is 38.8 Å². The third-order valence-corrected chi connectivity index (χ3v) is 5.69. The molecule has 1 aliphatic heterocycles. The third kappa shape index (κ3) is 4.47. The Balaban J connectivity index is 1.95. The Morgan fingerprint density at radius 1 is 1.22 bits per heavy atom. The van der Waals surface area contributed by atoms with Gasteiger partial charge in [-0.15, -0.1) is 0 Å². The highest BCUT2D eigenvalue weighted by atomic mass is 32.2. The van der Waals surface area contributed by atoms with Gasteiger partial charge in [-0.2, -0.15) is 0 Å². The molecule has 0 aliphatic carbocycles. The van der Waals surface area contributed by atoms with Crippen LogP contribution in [0.15, 0.2) is 23.1 Å². The van der Waals surface area contributed by atoms with Crippen LogP contribution in [0.1, 0.15) is 13.8 Å². The Morgan fingerprint density at radius 2 is 1.87 bits per heavy atom. The van der Waals surface area contributed by atoms with Gasteiger partial charge >= 0.3 is 0 Å². The Kier molecular flexibility index (Phi) is 6.07. The van der Waals surface area contributed by atoms with E-state index >= 15 is 0 Å². The molecule has 23 heavy (non-hydrogen) atoms. The van der Waals surface area contributed by atoms with Gasteiger partial charge in [0.15, 0.2) is 11.6 Å². The fraction of sp³-hybridized carbons (Fsp3) is 0.600. The molecule has 1 aromatic rings. The molecule has 1 aromatic carbocycles. The van der Waals surface area contributed by atoms with Crippen molar-refractivity contribution < 1.29 is 17.2 Å². The van der Waals surface area contributed by atoms with Crippen molar-refractivity contribution in [3.8, 4) is 0 Å². The van der Waals surface area contributed by atoms with E-state index in [2.05, 4.69) is 21.4 Å². The summed E-state index contributed by atoms with van der Waals surface area (Å²) in [5.74, 6) is -2.51. The quantitative estimate of drug-likeness (QED) is 0.842. The van der Waals surface area contributed by atoms with E-state index in [1.54, 1.807) is 0 Å². The first-order valence-corrected chi connectivity index (χ1v) is 9.23. The standard InChI is InChI=1S/C15H23F2N3O2S/c1-3-19-7-9-20(10-8-19)12(2)11-18-23(21,22)14-6-4-5-13(16)15(14)17/h4-6,12,18H,3,7-11H2,1-2H3/t12-/m1/s1. The molecule has 1 N–H and O–H groups in total. The van der Waals surface area contributed by atoms with Crippen molar-refractivity contribution in [1.82, 2.24) is 14.5 Å². The summed E-state index contributed by atoms with van der Waals surface area (Å²) in [6.07, 6.45) is 0. The van der Waals surface area contributed by atoms with Crippen molar-refractivity contribution in [3.05, 3.63) is 29.8 Å². The van der Waals surface area contributed by atoms with Crippen molar-refractivity contribution >= 4 is 10.0 Å². The lowest BCUT2D eigenvalue weighted by molar-refractivity contribution is 0.107. The molecule has 1 atom stereocenters. The van der Waals surface area contributed by atoms with Crippen molar-refractivity contribution in [1.29, 1.82) is 0 Å². The van der Waals surface area contributed by atoms with Crippen LogP contribution in [0.5, 0.6) is 0 Å². The molecule has 8 heteroatoms. The van der Waals surface area contributed by atoms with Crippen LogP contribution in [0.2, 0.25) is 0 Å². The number of piperazine rings is 1. The van der Waals surface area contributed by atoms with Crippen molar-refractivity contribution in [2.24, 2.45) is 0 Å². The van der Waals surface area contributed by atoms with Gasteiger partial charge in [-0.05, 0) is 25.6 Å². The number of rotatable bonds is 6. The smallest absolute Gasteiger partial charge is 0.243 e. The molecule has 0 spiro atoms. The van der Waals surface area contributed by atoms with Gasteiger partial charge in [0.2, 0.25) is 10.0 Å². The van der Waals surface area contributed by atoms with Gasteiger partial charge in [0.05, 0.1) is 0 Å². The average Bonchev–Trinajstić information content (AvgIpc) is 2.55. The Bertz CT molecular complexity index is 632. The first kappa shape index (κ1) is 18.3. The highest BCUT2D eigenvalue weighted by Crippen LogP contribution is 2.17. The minimum Gasteiger partial charge on any atom is -0.301 e. The second-order valence-corrected chi connectivity index (χ2v) is 7.46. The first-order chi connectivity index (χ1) is 10.8. The summed E-state index contributed by atoms with van der Waals surface area (Å²) >= 11 is 0. The van der Waals surface area contributed by atoms with Crippen molar-refractivity contribution in [2.75, 3.05) is 39.3 Å². The van der Waals surface area contributed by atoms with Crippen LogP contribution in [0.4, 0.5) is 8.78 Å². The van der Waals surface area contributed by atoms with E-state index in [0.29, 0.717) is 0 Å². The van der Waals surface area contributed by atoms with Crippen LogP contribution in [0, 0.1) is 11.6 Å². The molecule has 0 saturated carbocycles. The van der Waals surface area contributed by atoms with E-state index in [0.717, 1.165) is 44.9 Å². The number of hydrogen-bond donors (Lipinski definition) is 1. The van der Waals surface area contributed by atoms with E-state index in [9.17, 15) is 17.2 Å². The van der Waals surface area contributed by atoms with Gasteiger partial charge < -0.3 is 4.90 Å². The van der Waals surface area contributed by atoms with Crippen LogP contribution < -0.4 is 4.72 Å². The summed E-state index contributed by atoms with van der Waals surface area (Å²) in [7, 11) is -4.06. The molecule has 0 bridgehead atoms. The molecule has 5 nitrogen and oxygen atoms in total. The molecule has 0 unspecified atom stereocenters. The second kappa shape index (κ2) is 7.65. The van der Waals surface area contributed by atoms with E-state index in [1.807, 2.05) is 6.92 Å². The molecular formula is C15H23F2N3O2S. The zero-order valence-electron chi connectivity index (χ0n) is 13.4. The lowest BCUT2D eigenvalue weighted by Crippen LogP contribution is -2.52. The summed E-state index contributed by atoms with van der Waals surface area (Å²) in [5, 5.41) is 0. The number of nitrogens with zero attached hydrogens (tertiary/aromatic N) is 2. The Labute approximate surface area is 136 Å². The summed E-state index contributed by atoms with van der Waals surface area (Å²) < 4.78 is 53.5. The van der Waals surface area contributed by atoms with Gasteiger partial charge in [-0.25, -0.2) is 21.9 Å². The largest absolute Gasteiger partial charge is 0.301 e. The topological polar surface area (TPSA) is 52.6 Å². The zero-order valence-corrected chi connectivity index (χ0v) is 14.2. The number of halogens is 2. The molecule has 1 heterocycles. The van der Waals surface area contributed by atoms with Crippen molar-refractivity contribution in [2.45, 2.75) is 24.8 Å². The number of sulfonamides is 1. The fourth-order valence-electron chi connectivity index (χ4n) is 2.65. The monoisotopic (exact) mass is 347 g/mol. The molecule has 0 radical (unpaired) electrons. The zero-order chi connectivity index (χ0) is 17.0.